The molecule has 0 aromatic heterocycles. The Bertz CT molecular complexity index is 2450. The Morgan fingerprint density at radius 3 is 1.00 bits per heavy atom. The van der Waals surface area contributed by atoms with Crippen LogP contribution in [0.2, 0.25) is 14.8 Å². The van der Waals surface area contributed by atoms with Crippen molar-refractivity contribution in [3.8, 4) is 0 Å². The number of hydrogen-bond donors (Lipinski definition) is 4. The number of cyclic esters (lactones) is 4. The zero-order chi connectivity index (χ0) is 52.5. The van der Waals surface area contributed by atoms with Crippen molar-refractivity contribution < 1.29 is 266 Å². The molecule has 8 rings (SSSR count). The second kappa shape index (κ2) is 54.0. The van der Waals surface area contributed by atoms with Gasteiger partial charge in [0, 0.05) is 238 Å². The maximum Gasteiger partial charge on any atom is 0 e. The van der Waals surface area contributed by atoms with Gasteiger partial charge in [0.1, 0.15) is 18.3 Å². The summed E-state index contributed by atoms with van der Waals surface area (Å²) in [5.41, 5.74) is 8.26. The average Bonchev–Trinajstić information content (AvgIpc) is 4.17. The number of carbonyl (C=O) groups excluding carboxylic acids is 9. The molecule has 0 bridgehead atoms. The SMILES string of the molecule is NC[C@H]1CN(c2c[c-]c[c-]c2)C(=O)O1.O=[C-]NC[C@H]1CN(c2c[c-]c(I)[c-]c2)C(=O)O1.O=[C-]NC[C@H]1CN(c2c[c-]c[c-]c2)C(=O)O1.O=[C-]O[C-]=O.[CH3][Sn]([CH3])([CH3])[c]1[c-]cc(N2C[C@H](CN[C-]=O)OC2=O)c[c-]1.[Rf].[Rf].[Rf].[Rf].[Rf].[U].[U].[U].[U].[V].[V].[V].[V]. The van der Waals surface area contributed by atoms with Gasteiger partial charge in [0.05, 0.1) is 0 Å². The number of anilines is 4. The van der Waals surface area contributed by atoms with Crippen LogP contribution in [0.25, 0.3) is 0 Å². The summed E-state index contributed by atoms with van der Waals surface area (Å²) < 4.78 is 25.5. The zero-order valence-corrected chi connectivity index (χ0v) is 105. The number of rotatable bonds is 17. The smallest absolute Gasteiger partial charge is 0 e. The third-order valence-corrected chi connectivity index (χ3v) is 15.5. The van der Waals surface area contributed by atoms with Crippen LogP contribution in [0.4, 0.5) is 41.9 Å². The van der Waals surface area contributed by atoms with Crippen LogP contribution in [0, 0.1) is 177 Å². The van der Waals surface area contributed by atoms with E-state index in [-0.39, 0.29) is 249 Å². The minimum atomic E-state index is -2.17. The van der Waals surface area contributed by atoms with Crippen LogP contribution < -0.4 is 44.9 Å². The molecule has 37 heteroatoms. The van der Waals surface area contributed by atoms with Gasteiger partial charge in [-0.05, 0) is 0 Å². The van der Waals surface area contributed by atoms with Gasteiger partial charge in [0.2, 0.25) is 0 Å². The molecule has 5 N–H and O–H groups in total. The topological polar surface area (TPSA) is 275 Å². The Kier molecular flexibility index (Phi) is 64.4. The first kappa shape index (κ1) is 101. The third kappa shape index (κ3) is 33.9. The molecule has 4 aliphatic heterocycles. The first-order chi connectivity index (χ1) is 34.6. The first-order valence-corrected chi connectivity index (χ1v) is 32.3. The van der Waals surface area contributed by atoms with Crippen molar-refractivity contribution in [1.29, 1.82) is 0 Å². The van der Waals surface area contributed by atoms with Gasteiger partial charge in [0.25, 0.3) is 0 Å². The van der Waals surface area contributed by atoms with Crippen molar-refractivity contribution in [1.82, 2.24) is 16.0 Å². The Hall–Kier alpha value is -5.46. The molecule has 22 nitrogen and oxygen atoms in total. The van der Waals surface area contributed by atoms with Crippen molar-refractivity contribution in [2.45, 2.75) is 39.2 Å². The number of nitrogens with one attached hydrogen (secondary N) is 3. The van der Waals surface area contributed by atoms with E-state index < -0.39 is 36.7 Å². The van der Waals surface area contributed by atoms with Gasteiger partial charge in [-0.3, -0.25) is 36.4 Å². The number of nitrogens with zero attached hydrogens (tertiary/aromatic N) is 4. The Morgan fingerprint density at radius 2 is 0.765 bits per heavy atom. The van der Waals surface area contributed by atoms with Crippen LogP contribution in [0.3, 0.4) is 0 Å². The molecule has 4 atom stereocenters. The number of nitrogens with two attached hydrogens (primary N) is 1. The molecule has 430 valence electrons. The van der Waals surface area contributed by atoms with Gasteiger partial charge >= 0.3 is 141 Å². The summed E-state index contributed by atoms with van der Waals surface area (Å²) in [7, 11) is 0. The molecule has 7 amide bonds. The molecule has 85 heavy (non-hydrogen) atoms. The molecular weight excluding hydrogens is 3650 g/mol. The third-order valence-electron chi connectivity index (χ3n) is 9.73. The summed E-state index contributed by atoms with van der Waals surface area (Å²) in [4.78, 5) is 107. The minimum Gasteiger partial charge on any atom is 0 e. The largest absolute Gasteiger partial charge is 0 e. The predicted octanol–water partition coefficient (Wildman–Crippen LogP) is 1.66. The molecule has 0 saturated carbocycles. The van der Waals surface area contributed by atoms with E-state index in [4.69, 9.17) is 34.3 Å². The molecular formula is C48H44IN8O14Rf5SnU4V4-13. The standard InChI is InChI=1S/C11H8IN2O3.C11H9N2O3.C11H8N2O3.C10H10N2O2.C2O3.3CH3.5Rf.Sn.4U.4V/c12-8-1-3-9(4-2-8)14-6-10(5-13-7-15)17-11(14)16;2*14-8-12-6-10-7-13(11(15)16-10)9-4-2-1-3-5-9;11-6-9-7-12(10(13)14-9)8-4-2-1-3-5-8;3-1-5-2-4;;;;;;;;;;;;;;;;;/h3-4,10H,5-6H2,(H,13,15);1,4-5,10H,6-7H2,(H,12,14);4-5,10H,6-7H2,(H,12,14);1,4-5,9H,6-7,11H2;;3*1H3;;;;;;;;;;;;;;/q3*-3;2*-2;;;;;;;;;;;;;;;;;/t3*10-;9-;;;;;;;;;;;;;;;;;;/m0000................../s1. The molecule has 0 unspecified atom stereocenters. The average molecular weight is 3690 g/mol. The van der Waals surface area contributed by atoms with E-state index in [9.17, 15) is 33.6 Å². The van der Waals surface area contributed by atoms with E-state index in [0.29, 0.717) is 44.1 Å². The van der Waals surface area contributed by atoms with Crippen LogP contribution in [0.15, 0.2) is 60.7 Å². The van der Waals surface area contributed by atoms with Gasteiger partial charge in [-0.15, -0.1) is 35.5 Å². The van der Waals surface area contributed by atoms with Crippen molar-refractivity contribution in [2.24, 2.45) is 5.73 Å². The molecule has 4 aliphatic rings. The second-order valence-electron chi connectivity index (χ2n) is 15.7. The van der Waals surface area contributed by atoms with Crippen molar-refractivity contribution >= 4 is 124 Å². The van der Waals surface area contributed by atoms with Gasteiger partial charge in [-0.2, -0.15) is 29.9 Å². The Balaban J connectivity index is -0.000000103. The Morgan fingerprint density at radius 1 is 0.506 bits per heavy atom. The van der Waals surface area contributed by atoms with E-state index >= 15 is 0 Å². The Labute approximate surface area is 625 Å². The first-order valence-electron chi connectivity index (χ1n) is 21.3. The van der Waals surface area contributed by atoms with Crippen molar-refractivity contribution in [2.75, 3.05) is 72.0 Å². The number of hydrogen-bond acceptors (Lipinski definition) is 15. The van der Waals surface area contributed by atoms with Crippen LogP contribution in [0.1, 0.15) is 0 Å². The second-order valence-corrected chi connectivity index (χ2v) is 31.1. The summed E-state index contributed by atoms with van der Waals surface area (Å²) in [6.45, 7) is 4.56. The summed E-state index contributed by atoms with van der Waals surface area (Å²) in [5.74, 6) is 0. The fourth-order valence-electron chi connectivity index (χ4n) is 6.33. The molecule has 4 aromatic rings. The minimum absolute atomic E-state index is 0. The fourth-order valence-corrected chi connectivity index (χ4v) is 9.53. The van der Waals surface area contributed by atoms with E-state index in [2.05, 4.69) is 107 Å². The molecule has 0 aliphatic carbocycles. The van der Waals surface area contributed by atoms with Gasteiger partial charge in [-0.1, -0.05) is 0 Å². The molecule has 0 spiro atoms. The predicted molar refractivity (Wildman–Crippen MR) is 265 cm³/mol. The van der Waals surface area contributed by atoms with Crippen molar-refractivity contribution in [3.63, 3.8) is 0 Å². The maximum absolute atomic E-state index is 11.8. The van der Waals surface area contributed by atoms with E-state index in [0.717, 1.165) is 27.9 Å². The summed E-state index contributed by atoms with van der Waals surface area (Å²) in [6.07, 6.45) is 1.82. The molecule has 4 saturated heterocycles. The van der Waals surface area contributed by atoms with E-state index in [1.807, 2.05) is 12.1 Å². The fraction of sp³-hybridized carbons (Fsp3) is 0.312. The summed E-state index contributed by atoms with van der Waals surface area (Å²) in [5, 5.41) is 7.12. The van der Waals surface area contributed by atoms with Crippen LogP contribution in [-0.4, -0.2) is 152 Å². The summed E-state index contributed by atoms with van der Waals surface area (Å²) in [6, 6.07) is 40.9. The zero-order valence-electron chi connectivity index (χ0n) is 46.0. The van der Waals surface area contributed by atoms with Gasteiger partial charge in [-0.25, -0.2) is 18.0 Å². The number of amides is 7. The van der Waals surface area contributed by atoms with E-state index in [1.54, 1.807) is 67.8 Å². The van der Waals surface area contributed by atoms with Crippen LogP contribution in [0.5, 0.6) is 0 Å². The maximum atomic E-state index is 11.8. The molecule has 4 aromatic carbocycles. The number of ether oxygens (including phenoxy) is 5. The van der Waals surface area contributed by atoms with Gasteiger partial charge < -0.3 is 118 Å². The number of benzene rings is 4. The monoisotopic (exact) mass is 3690 g/mol. The summed E-state index contributed by atoms with van der Waals surface area (Å²) >= 11 is -0.0767. The van der Waals surface area contributed by atoms with Crippen LogP contribution in [-0.2, 0) is 122 Å². The normalized spacial score (nSPS) is 15.7. The molecule has 4 heterocycles. The van der Waals surface area contributed by atoms with Crippen molar-refractivity contribution in [3.05, 3.63) is 113 Å². The van der Waals surface area contributed by atoms with Crippen LogP contribution >= 0.6 is 22.6 Å². The van der Waals surface area contributed by atoms with E-state index in [1.165, 1.54) is 23.2 Å². The number of carbonyl (C=O) groups is 4. The molecule has 4 fully saturated rings. The quantitative estimate of drug-likeness (QED) is 0.0292. The molecule has 4 radical (unpaired) electrons. The van der Waals surface area contributed by atoms with Gasteiger partial charge in [0.15, 0.2) is 0 Å². The number of halogens is 1.